The van der Waals surface area contributed by atoms with Gasteiger partial charge in [-0.25, -0.2) is 4.98 Å². The molecular formula is C13H14N2O. The molecule has 0 aliphatic rings. The Morgan fingerprint density at radius 1 is 1.50 bits per heavy atom. The zero-order valence-corrected chi connectivity index (χ0v) is 9.20. The van der Waals surface area contributed by atoms with Crippen molar-refractivity contribution < 1.29 is 5.11 Å². The summed E-state index contributed by atoms with van der Waals surface area (Å²) >= 11 is 0. The Hall–Kier alpha value is -2.03. The molecule has 1 heterocycles. The molecule has 0 aliphatic carbocycles. The second-order valence-electron chi connectivity index (χ2n) is 3.65. The van der Waals surface area contributed by atoms with Crippen molar-refractivity contribution in [3.63, 3.8) is 0 Å². The van der Waals surface area contributed by atoms with Crippen molar-refractivity contribution in [2.24, 2.45) is 0 Å². The molecule has 0 saturated heterocycles. The number of phenols is 1. The average Bonchev–Trinajstić information content (AvgIpc) is 2.27. The monoisotopic (exact) mass is 214 g/mol. The number of para-hydroxylation sites is 1. The molecule has 2 rings (SSSR count). The van der Waals surface area contributed by atoms with E-state index in [-0.39, 0.29) is 5.75 Å². The lowest BCUT2D eigenvalue weighted by Gasteiger charge is -2.09. The molecule has 2 N–H and O–H groups in total. The van der Waals surface area contributed by atoms with E-state index < -0.39 is 0 Å². The van der Waals surface area contributed by atoms with Gasteiger partial charge in [0.05, 0.1) is 0 Å². The van der Waals surface area contributed by atoms with Gasteiger partial charge in [0.1, 0.15) is 11.3 Å². The summed E-state index contributed by atoms with van der Waals surface area (Å²) in [5.74, 6) is 0.211. The van der Waals surface area contributed by atoms with E-state index >= 15 is 0 Å². The van der Waals surface area contributed by atoms with Gasteiger partial charge in [-0.3, -0.25) is 0 Å². The molecule has 16 heavy (non-hydrogen) atoms. The zero-order chi connectivity index (χ0) is 11.5. The first-order valence-electron chi connectivity index (χ1n) is 5.16. The van der Waals surface area contributed by atoms with Crippen LogP contribution in [0.5, 0.6) is 5.75 Å². The van der Waals surface area contributed by atoms with Gasteiger partial charge in [0.15, 0.2) is 0 Å². The number of aromatic nitrogens is 1. The van der Waals surface area contributed by atoms with Crippen molar-refractivity contribution in [1.82, 2.24) is 4.98 Å². The summed E-state index contributed by atoms with van der Waals surface area (Å²) in [7, 11) is 0. The van der Waals surface area contributed by atoms with Crippen LogP contribution in [0.25, 0.3) is 10.9 Å². The number of hydrogen-bond donors (Lipinski definition) is 2. The summed E-state index contributed by atoms with van der Waals surface area (Å²) in [5, 5.41) is 13.9. The second-order valence-corrected chi connectivity index (χ2v) is 3.65. The van der Waals surface area contributed by atoms with Gasteiger partial charge >= 0.3 is 0 Å². The molecule has 0 fully saturated rings. The van der Waals surface area contributed by atoms with Gasteiger partial charge in [0, 0.05) is 23.3 Å². The van der Waals surface area contributed by atoms with Crippen molar-refractivity contribution in [3.8, 4) is 5.75 Å². The van der Waals surface area contributed by atoms with Gasteiger partial charge in [-0.05, 0) is 19.1 Å². The van der Waals surface area contributed by atoms with E-state index in [4.69, 9.17) is 0 Å². The van der Waals surface area contributed by atoms with Crippen LogP contribution in [0.1, 0.15) is 5.69 Å². The summed E-state index contributed by atoms with van der Waals surface area (Å²) in [6.07, 6.45) is 1.80. The van der Waals surface area contributed by atoms with Crippen LogP contribution >= 0.6 is 0 Å². The van der Waals surface area contributed by atoms with Crippen LogP contribution in [0.3, 0.4) is 0 Å². The number of aryl methyl sites for hydroxylation is 1. The molecule has 2 aromatic rings. The van der Waals surface area contributed by atoms with Gasteiger partial charge in [-0.2, -0.15) is 0 Å². The molecule has 0 aliphatic heterocycles. The Balaban J connectivity index is 2.63. The number of nitrogens with one attached hydrogen (secondary N) is 1. The summed E-state index contributed by atoms with van der Waals surface area (Å²) in [6, 6.07) is 7.36. The number of nitrogens with zero attached hydrogens (tertiary/aromatic N) is 1. The van der Waals surface area contributed by atoms with E-state index in [1.807, 2.05) is 25.1 Å². The lowest BCUT2D eigenvalue weighted by atomic mass is 10.1. The van der Waals surface area contributed by atoms with Gasteiger partial charge in [0.25, 0.3) is 0 Å². The predicted octanol–water partition coefficient (Wildman–Crippen LogP) is 2.85. The fraction of sp³-hybridized carbons (Fsp3) is 0.154. The Morgan fingerprint density at radius 3 is 3.06 bits per heavy atom. The normalized spacial score (nSPS) is 10.3. The number of fused-ring (bicyclic) bond motifs is 1. The van der Waals surface area contributed by atoms with Crippen LogP contribution in [0.2, 0.25) is 0 Å². The van der Waals surface area contributed by atoms with Crippen molar-refractivity contribution >= 4 is 16.6 Å². The van der Waals surface area contributed by atoms with Crippen LogP contribution in [-0.4, -0.2) is 16.6 Å². The quantitative estimate of drug-likeness (QED) is 0.772. The molecule has 1 aromatic heterocycles. The topological polar surface area (TPSA) is 45.2 Å². The third kappa shape index (κ3) is 1.84. The molecule has 82 valence electrons. The standard InChI is InChI=1S/C13H14N2O/c1-3-7-14-11-8-9(2)15-13-10(11)5-4-6-12(13)16/h3-6,8,16H,1,7H2,2H3,(H,14,15). The Morgan fingerprint density at radius 2 is 2.31 bits per heavy atom. The van der Waals surface area contributed by atoms with E-state index in [2.05, 4.69) is 16.9 Å². The number of anilines is 1. The number of hydrogen-bond acceptors (Lipinski definition) is 3. The van der Waals surface area contributed by atoms with Crippen LogP contribution < -0.4 is 5.32 Å². The van der Waals surface area contributed by atoms with Gasteiger partial charge in [-0.1, -0.05) is 18.2 Å². The lowest BCUT2D eigenvalue weighted by Crippen LogP contribution is -2.00. The summed E-state index contributed by atoms with van der Waals surface area (Å²) in [4.78, 5) is 4.33. The molecule has 0 spiro atoms. The predicted molar refractivity (Wildman–Crippen MR) is 66.8 cm³/mol. The molecule has 3 heteroatoms. The summed E-state index contributed by atoms with van der Waals surface area (Å²) < 4.78 is 0. The average molecular weight is 214 g/mol. The molecule has 0 unspecified atom stereocenters. The van der Waals surface area contributed by atoms with Crippen molar-refractivity contribution in [2.45, 2.75) is 6.92 Å². The minimum absolute atomic E-state index is 0.211. The van der Waals surface area contributed by atoms with Crippen LogP contribution in [0.15, 0.2) is 36.9 Å². The van der Waals surface area contributed by atoms with Crippen LogP contribution in [0.4, 0.5) is 5.69 Å². The highest BCUT2D eigenvalue weighted by Crippen LogP contribution is 2.28. The maximum Gasteiger partial charge on any atom is 0.141 e. The zero-order valence-electron chi connectivity index (χ0n) is 9.20. The molecule has 0 saturated carbocycles. The number of rotatable bonds is 3. The fourth-order valence-corrected chi connectivity index (χ4v) is 1.69. The Labute approximate surface area is 94.4 Å². The maximum absolute atomic E-state index is 9.74. The molecule has 0 amide bonds. The van der Waals surface area contributed by atoms with Crippen molar-refractivity contribution in [3.05, 3.63) is 42.6 Å². The third-order valence-electron chi connectivity index (χ3n) is 2.38. The molecular weight excluding hydrogens is 200 g/mol. The number of pyridine rings is 1. The first-order valence-corrected chi connectivity index (χ1v) is 5.16. The molecule has 3 nitrogen and oxygen atoms in total. The molecule has 1 aromatic carbocycles. The highest BCUT2D eigenvalue weighted by Gasteiger charge is 2.06. The summed E-state index contributed by atoms with van der Waals surface area (Å²) in [5.41, 5.74) is 2.48. The number of aromatic hydroxyl groups is 1. The maximum atomic E-state index is 9.74. The Bertz CT molecular complexity index is 535. The van der Waals surface area contributed by atoms with E-state index in [0.717, 1.165) is 16.8 Å². The van der Waals surface area contributed by atoms with E-state index in [9.17, 15) is 5.11 Å². The minimum Gasteiger partial charge on any atom is -0.506 e. The largest absolute Gasteiger partial charge is 0.506 e. The smallest absolute Gasteiger partial charge is 0.141 e. The molecule has 0 atom stereocenters. The third-order valence-corrected chi connectivity index (χ3v) is 2.38. The highest BCUT2D eigenvalue weighted by molar-refractivity contribution is 5.94. The van der Waals surface area contributed by atoms with E-state index in [1.54, 1.807) is 12.1 Å². The van der Waals surface area contributed by atoms with Gasteiger partial charge in [-0.15, -0.1) is 6.58 Å². The van der Waals surface area contributed by atoms with E-state index in [1.165, 1.54) is 0 Å². The van der Waals surface area contributed by atoms with Gasteiger partial charge in [0.2, 0.25) is 0 Å². The highest BCUT2D eigenvalue weighted by atomic mass is 16.3. The van der Waals surface area contributed by atoms with Crippen LogP contribution in [0, 0.1) is 6.92 Å². The lowest BCUT2D eigenvalue weighted by molar-refractivity contribution is 0.480. The SMILES string of the molecule is C=CCNc1cc(C)nc2c(O)cccc12. The van der Waals surface area contributed by atoms with Crippen molar-refractivity contribution in [2.75, 3.05) is 11.9 Å². The Kier molecular flexibility index (Phi) is 2.77. The number of phenolic OH excluding ortho intramolecular Hbond substituents is 1. The minimum atomic E-state index is 0.211. The fourth-order valence-electron chi connectivity index (χ4n) is 1.69. The first-order chi connectivity index (χ1) is 7.72. The van der Waals surface area contributed by atoms with Crippen molar-refractivity contribution in [1.29, 1.82) is 0 Å². The van der Waals surface area contributed by atoms with Crippen LogP contribution in [-0.2, 0) is 0 Å². The van der Waals surface area contributed by atoms with Gasteiger partial charge < -0.3 is 10.4 Å². The molecule has 0 radical (unpaired) electrons. The summed E-state index contributed by atoms with van der Waals surface area (Å²) in [6.45, 7) is 6.26. The second kappa shape index (κ2) is 4.23. The first kappa shape index (κ1) is 10.5. The number of benzene rings is 1. The van der Waals surface area contributed by atoms with E-state index in [0.29, 0.717) is 12.1 Å². The molecule has 0 bridgehead atoms.